The first-order valence-corrected chi connectivity index (χ1v) is 11.6. The summed E-state index contributed by atoms with van der Waals surface area (Å²) in [7, 11) is 0. The summed E-state index contributed by atoms with van der Waals surface area (Å²) in [6, 6.07) is 22.2. The molecule has 1 N–H and O–H groups in total. The SMILES string of the molecule is CC(=O)N1c2ccccc2NC2=C(C(=O)C[C@@H](c3ccc(Cl)cc3)C2)[C@H]1c1cccc(Cl)c1. The highest BCUT2D eigenvalue weighted by Crippen LogP contribution is 2.47. The van der Waals surface area contributed by atoms with E-state index in [2.05, 4.69) is 5.32 Å². The molecule has 166 valence electrons. The van der Waals surface area contributed by atoms with Gasteiger partial charge in [0.15, 0.2) is 5.78 Å². The highest BCUT2D eigenvalue weighted by Gasteiger charge is 2.40. The van der Waals surface area contributed by atoms with Gasteiger partial charge >= 0.3 is 0 Å². The first kappa shape index (κ1) is 21.7. The number of benzene rings is 3. The summed E-state index contributed by atoms with van der Waals surface area (Å²) in [5, 5.41) is 4.74. The Morgan fingerprint density at radius 3 is 2.39 bits per heavy atom. The van der Waals surface area contributed by atoms with Crippen LogP contribution in [0.2, 0.25) is 10.0 Å². The lowest BCUT2D eigenvalue weighted by molar-refractivity contribution is -0.117. The van der Waals surface area contributed by atoms with Crippen LogP contribution in [0.3, 0.4) is 0 Å². The summed E-state index contributed by atoms with van der Waals surface area (Å²) in [6.45, 7) is 1.53. The molecular weight excluding hydrogens is 455 g/mol. The zero-order valence-electron chi connectivity index (χ0n) is 18.0. The molecule has 1 aliphatic heterocycles. The topological polar surface area (TPSA) is 49.4 Å². The van der Waals surface area contributed by atoms with Crippen LogP contribution in [0.1, 0.15) is 42.9 Å². The van der Waals surface area contributed by atoms with E-state index < -0.39 is 6.04 Å². The summed E-state index contributed by atoms with van der Waals surface area (Å²) in [5.41, 5.74) is 4.87. The molecule has 6 heteroatoms. The van der Waals surface area contributed by atoms with Gasteiger partial charge in [-0.15, -0.1) is 0 Å². The summed E-state index contributed by atoms with van der Waals surface area (Å²) in [5.74, 6) is -0.0969. The monoisotopic (exact) mass is 476 g/mol. The standard InChI is InChI=1S/C27H22Cl2N2O2/c1-16(32)31-24-8-3-2-7-22(24)30-23-14-19(17-9-11-20(28)12-10-17)15-25(33)26(23)27(31)18-5-4-6-21(29)13-18/h2-13,19,27,30H,14-15H2,1H3/t19-,27+/m0/s1. The Labute approximate surface area is 202 Å². The number of anilines is 2. The molecule has 0 bridgehead atoms. The minimum atomic E-state index is -0.564. The maximum atomic E-state index is 13.7. The lowest BCUT2D eigenvalue weighted by Gasteiger charge is -2.34. The van der Waals surface area contributed by atoms with Gasteiger partial charge in [-0.05, 0) is 59.9 Å². The first-order chi connectivity index (χ1) is 15.9. The number of ketones is 1. The fourth-order valence-corrected chi connectivity index (χ4v) is 5.23. The van der Waals surface area contributed by atoms with Crippen molar-refractivity contribution in [2.24, 2.45) is 0 Å². The highest BCUT2D eigenvalue weighted by molar-refractivity contribution is 6.30. The van der Waals surface area contributed by atoms with E-state index in [-0.39, 0.29) is 17.6 Å². The molecule has 2 atom stereocenters. The van der Waals surface area contributed by atoms with Crippen LogP contribution in [0, 0.1) is 0 Å². The van der Waals surface area contributed by atoms with Crippen molar-refractivity contribution >= 4 is 46.3 Å². The molecule has 0 unspecified atom stereocenters. The second kappa shape index (κ2) is 8.69. The van der Waals surface area contributed by atoms with Crippen molar-refractivity contribution in [2.45, 2.75) is 31.7 Å². The van der Waals surface area contributed by atoms with Gasteiger partial charge in [-0.1, -0.05) is 59.6 Å². The van der Waals surface area contributed by atoms with Crippen LogP contribution in [0.5, 0.6) is 0 Å². The maximum absolute atomic E-state index is 13.7. The van der Waals surface area contributed by atoms with Crippen LogP contribution in [0.25, 0.3) is 0 Å². The van der Waals surface area contributed by atoms with E-state index in [1.165, 1.54) is 6.92 Å². The van der Waals surface area contributed by atoms with Crippen molar-refractivity contribution in [3.63, 3.8) is 0 Å². The van der Waals surface area contributed by atoms with Gasteiger partial charge in [-0.25, -0.2) is 0 Å². The smallest absolute Gasteiger partial charge is 0.224 e. The van der Waals surface area contributed by atoms with Crippen molar-refractivity contribution in [1.82, 2.24) is 0 Å². The highest BCUT2D eigenvalue weighted by atomic mass is 35.5. The third-order valence-corrected chi connectivity index (χ3v) is 6.82. The number of carbonyl (C=O) groups is 2. The molecule has 1 aliphatic carbocycles. The van der Waals surface area contributed by atoms with E-state index in [1.54, 1.807) is 11.0 Å². The molecule has 0 saturated heterocycles. The second-order valence-corrected chi connectivity index (χ2v) is 9.33. The second-order valence-electron chi connectivity index (χ2n) is 8.46. The lowest BCUT2D eigenvalue weighted by Crippen LogP contribution is -2.37. The molecular formula is C27H22Cl2N2O2. The number of hydrogen-bond acceptors (Lipinski definition) is 3. The Kier molecular flexibility index (Phi) is 5.73. The Hall–Kier alpha value is -3.08. The minimum Gasteiger partial charge on any atom is -0.357 e. The number of amides is 1. The molecule has 33 heavy (non-hydrogen) atoms. The number of fused-ring (bicyclic) bond motifs is 1. The van der Waals surface area contributed by atoms with E-state index in [0.29, 0.717) is 28.5 Å². The molecule has 3 aromatic rings. The lowest BCUT2D eigenvalue weighted by atomic mass is 9.78. The molecule has 0 spiro atoms. The summed E-state index contributed by atoms with van der Waals surface area (Å²) >= 11 is 12.4. The predicted molar refractivity (Wildman–Crippen MR) is 133 cm³/mol. The first-order valence-electron chi connectivity index (χ1n) is 10.9. The Bertz CT molecular complexity index is 1280. The summed E-state index contributed by atoms with van der Waals surface area (Å²) in [6.07, 6.45) is 1.02. The number of hydrogen-bond donors (Lipinski definition) is 1. The van der Waals surface area contributed by atoms with Crippen LogP contribution < -0.4 is 10.2 Å². The molecule has 5 rings (SSSR count). The van der Waals surface area contributed by atoms with E-state index in [9.17, 15) is 9.59 Å². The molecule has 1 amide bonds. The van der Waals surface area contributed by atoms with Gasteiger partial charge in [0.1, 0.15) is 0 Å². The molecule has 2 aliphatic rings. The fourth-order valence-electron chi connectivity index (χ4n) is 4.90. The zero-order valence-corrected chi connectivity index (χ0v) is 19.5. The van der Waals surface area contributed by atoms with Crippen molar-refractivity contribution in [3.05, 3.63) is 105 Å². The number of rotatable bonds is 2. The van der Waals surface area contributed by atoms with Gasteiger partial charge in [0, 0.05) is 34.7 Å². The predicted octanol–water partition coefficient (Wildman–Crippen LogP) is 6.91. The Morgan fingerprint density at radius 1 is 0.909 bits per heavy atom. The van der Waals surface area contributed by atoms with Gasteiger partial charge < -0.3 is 5.32 Å². The van der Waals surface area contributed by atoms with Crippen molar-refractivity contribution in [2.75, 3.05) is 10.2 Å². The minimum absolute atomic E-state index is 0.0210. The zero-order chi connectivity index (χ0) is 23.1. The molecule has 0 radical (unpaired) electrons. The number of allylic oxidation sites excluding steroid dienone is 1. The Morgan fingerprint density at radius 2 is 1.67 bits per heavy atom. The molecule has 1 heterocycles. The van der Waals surface area contributed by atoms with Crippen LogP contribution in [0.4, 0.5) is 11.4 Å². The quantitative estimate of drug-likeness (QED) is 0.436. The maximum Gasteiger partial charge on any atom is 0.224 e. The third-order valence-electron chi connectivity index (χ3n) is 6.33. The Balaban J connectivity index is 1.70. The fraction of sp³-hybridized carbons (Fsp3) is 0.185. The molecule has 0 fully saturated rings. The largest absolute Gasteiger partial charge is 0.357 e. The van der Waals surface area contributed by atoms with Crippen LogP contribution in [-0.2, 0) is 9.59 Å². The van der Waals surface area contributed by atoms with Crippen LogP contribution in [0.15, 0.2) is 84.1 Å². The van der Waals surface area contributed by atoms with Crippen LogP contribution >= 0.6 is 23.2 Å². The summed E-state index contributed by atoms with van der Waals surface area (Å²) < 4.78 is 0. The number of carbonyl (C=O) groups excluding carboxylic acids is 2. The van der Waals surface area contributed by atoms with Crippen molar-refractivity contribution < 1.29 is 9.59 Å². The van der Waals surface area contributed by atoms with Crippen molar-refractivity contribution in [1.29, 1.82) is 0 Å². The van der Waals surface area contributed by atoms with Crippen LogP contribution in [-0.4, -0.2) is 11.7 Å². The van der Waals surface area contributed by atoms with E-state index in [0.717, 1.165) is 28.2 Å². The molecule has 3 aromatic carbocycles. The summed E-state index contributed by atoms with van der Waals surface area (Å²) in [4.78, 5) is 28.4. The van der Waals surface area contributed by atoms with Gasteiger partial charge in [0.2, 0.25) is 5.91 Å². The van der Waals surface area contributed by atoms with E-state index in [1.807, 2.05) is 66.7 Å². The number of nitrogens with one attached hydrogen (secondary N) is 1. The van der Waals surface area contributed by atoms with E-state index in [4.69, 9.17) is 23.2 Å². The molecule has 0 aromatic heterocycles. The third kappa shape index (κ3) is 4.05. The van der Waals surface area contributed by atoms with Gasteiger partial charge in [0.05, 0.1) is 17.4 Å². The number of halogens is 2. The van der Waals surface area contributed by atoms with E-state index >= 15 is 0 Å². The normalized spacial score (nSPS) is 20.0. The number of Topliss-reactive ketones (excluding diaryl/α,β-unsaturated/α-hetero) is 1. The number of para-hydroxylation sites is 2. The molecule has 4 nitrogen and oxygen atoms in total. The molecule has 0 saturated carbocycles. The average Bonchev–Trinajstić information content (AvgIpc) is 2.94. The van der Waals surface area contributed by atoms with Gasteiger partial charge in [0.25, 0.3) is 0 Å². The van der Waals surface area contributed by atoms with Crippen molar-refractivity contribution in [3.8, 4) is 0 Å². The van der Waals surface area contributed by atoms with Gasteiger partial charge in [-0.3, -0.25) is 14.5 Å². The van der Waals surface area contributed by atoms with Gasteiger partial charge in [-0.2, -0.15) is 0 Å². The average molecular weight is 477 g/mol. The number of nitrogens with zero attached hydrogens (tertiary/aromatic N) is 1.